The summed E-state index contributed by atoms with van der Waals surface area (Å²) in [6.07, 6.45) is 1.78. The van der Waals surface area contributed by atoms with Crippen molar-refractivity contribution >= 4 is 28.4 Å². The van der Waals surface area contributed by atoms with Gasteiger partial charge in [0, 0.05) is 11.4 Å². The number of H-pyrrole nitrogens is 1. The summed E-state index contributed by atoms with van der Waals surface area (Å²) in [5.74, 6) is -1.93. The lowest BCUT2D eigenvalue weighted by Gasteiger charge is -1.96. The molecule has 7 heteroatoms. The molecule has 0 bridgehead atoms. The molecule has 1 saturated carbocycles. The number of hydrogen-bond donors (Lipinski definition) is 3. The first-order valence-corrected chi connectivity index (χ1v) is 6.21. The molecular formula is C13H12N4O3. The van der Waals surface area contributed by atoms with Crippen molar-refractivity contribution < 1.29 is 14.7 Å². The number of aromatic hydroxyl groups is 1. The van der Waals surface area contributed by atoms with Gasteiger partial charge >= 0.3 is 11.8 Å². The van der Waals surface area contributed by atoms with Gasteiger partial charge in [0.1, 0.15) is 0 Å². The van der Waals surface area contributed by atoms with E-state index in [0.29, 0.717) is 10.9 Å². The van der Waals surface area contributed by atoms with Crippen LogP contribution in [-0.4, -0.2) is 27.9 Å². The molecule has 7 nitrogen and oxygen atoms in total. The predicted octanol–water partition coefficient (Wildman–Crippen LogP) is 1.76. The van der Waals surface area contributed by atoms with Crippen molar-refractivity contribution in [3.05, 3.63) is 24.3 Å². The zero-order valence-electron chi connectivity index (χ0n) is 10.5. The highest BCUT2D eigenvalue weighted by molar-refractivity contribution is 6.35. The number of rotatable bonds is 2. The van der Waals surface area contributed by atoms with Gasteiger partial charge < -0.3 is 15.4 Å². The smallest absolute Gasteiger partial charge is 0.353 e. The maximum Gasteiger partial charge on any atom is 0.353 e. The number of azo groups is 1. The van der Waals surface area contributed by atoms with Crippen LogP contribution < -0.4 is 5.32 Å². The summed E-state index contributed by atoms with van der Waals surface area (Å²) in [5, 5.41) is 19.9. The minimum atomic E-state index is -0.971. The SMILES string of the molecule is O=C(N=Nc1c(O)[nH]c2ccccc12)C(=O)NC1CC1. The second kappa shape index (κ2) is 4.76. The monoisotopic (exact) mass is 272 g/mol. The van der Waals surface area contributed by atoms with Gasteiger partial charge in [-0.05, 0) is 18.9 Å². The minimum absolute atomic E-state index is 0.0862. The van der Waals surface area contributed by atoms with E-state index in [0.717, 1.165) is 12.8 Å². The van der Waals surface area contributed by atoms with Crippen molar-refractivity contribution in [1.82, 2.24) is 10.3 Å². The summed E-state index contributed by atoms with van der Waals surface area (Å²) in [7, 11) is 0. The maximum absolute atomic E-state index is 11.5. The van der Waals surface area contributed by atoms with Crippen molar-refractivity contribution in [3.8, 4) is 5.88 Å². The highest BCUT2D eigenvalue weighted by Crippen LogP contribution is 2.35. The van der Waals surface area contributed by atoms with Crippen LogP contribution in [0.15, 0.2) is 34.5 Å². The number of hydrogen-bond acceptors (Lipinski definition) is 4. The van der Waals surface area contributed by atoms with Gasteiger partial charge in [0.15, 0.2) is 5.69 Å². The molecule has 1 aliphatic carbocycles. The molecule has 0 atom stereocenters. The normalized spacial score (nSPS) is 14.8. The van der Waals surface area contributed by atoms with E-state index in [1.807, 2.05) is 0 Å². The Morgan fingerprint density at radius 1 is 1.30 bits per heavy atom. The van der Waals surface area contributed by atoms with Crippen LogP contribution in [0, 0.1) is 0 Å². The van der Waals surface area contributed by atoms with E-state index in [-0.39, 0.29) is 17.6 Å². The molecule has 102 valence electrons. The lowest BCUT2D eigenvalue weighted by molar-refractivity contribution is -0.137. The van der Waals surface area contributed by atoms with E-state index in [4.69, 9.17) is 0 Å². The number of amides is 2. The van der Waals surface area contributed by atoms with Gasteiger partial charge in [-0.15, -0.1) is 10.2 Å². The summed E-state index contributed by atoms with van der Waals surface area (Å²) in [6, 6.07) is 7.15. The molecule has 2 aromatic rings. The number of aromatic nitrogens is 1. The van der Waals surface area contributed by atoms with E-state index in [2.05, 4.69) is 20.5 Å². The van der Waals surface area contributed by atoms with Gasteiger partial charge in [-0.1, -0.05) is 18.2 Å². The topological polar surface area (TPSA) is 107 Å². The highest BCUT2D eigenvalue weighted by atomic mass is 16.3. The highest BCUT2D eigenvalue weighted by Gasteiger charge is 2.26. The van der Waals surface area contributed by atoms with Crippen LogP contribution in [0.5, 0.6) is 5.88 Å². The third-order valence-corrected chi connectivity index (χ3v) is 3.01. The van der Waals surface area contributed by atoms with E-state index in [9.17, 15) is 14.7 Å². The molecule has 0 radical (unpaired) electrons. The van der Waals surface area contributed by atoms with Gasteiger partial charge in [0.25, 0.3) is 0 Å². The van der Waals surface area contributed by atoms with Gasteiger partial charge in [-0.2, -0.15) is 0 Å². The summed E-state index contributed by atoms with van der Waals surface area (Å²) in [4.78, 5) is 25.6. The zero-order chi connectivity index (χ0) is 14.1. The molecule has 3 N–H and O–H groups in total. The van der Waals surface area contributed by atoms with Crippen molar-refractivity contribution in [2.75, 3.05) is 0 Å². The first kappa shape index (κ1) is 12.3. The fourth-order valence-corrected chi connectivity index (χ4v) is 1.83. The molecule has 0 aliphatic heterocycles. The number of para-hydroxylation sites is 1. The Kier molecular flexibility index (Phi) is 2.94. The number of nitrogens with one attached hydrogen (secondary N) is 2. The van der Waals surface area contributed by atoms with Crippen LogP contribution in [0.3, 0.4) is 0 Å². The number of carbonyl (C=O) groups is 2. The van der Waals surface area contributed by atoms with Gasteiger partial charge in [0.2, 0.25) is 5.88 Å². The predicted molar refractivity (Wildman–Crippen MR) is 70.7 cm³/mol. The molecule has 2 amide bonds. The Labute approximate surface area is 113 Å². The molecular weight excluding hydrogens is 260 g/mol. The number of carbonyl (C=O) groups excluding carboxylic acids is 2. The van der Waals surface area contributed by atoms with Crippen LogP contribution in [0.2, 0.25) is 0 Å². The van der Waals surface area contributed by atoms with Crippen molar-refractivity contribution in [3.63, 3.8) is 0 Å². The molecule has 20 heavy (non-hydrogen) atoms. The van der Waals surface area contributed by atoms with E-state index in [1.54, 1.807) is 24.3 Å². The van der Waals surface area contributed by atoms with Gasteiger partial charge in [-0.3, -0.25) is 9.59 Å². The second-order valence-electron chi connectivity index (χ2n) is 4.62. The quantitative estimate of drug-likeness (QED) is 0.572. The lowest BCUT2D eigenvalue weighted by atomic mass is 10.2. The van der Waals surface area contributed by atoms with Crippen molar-refractivity contribution in [2.45, 2.75) is 18.9 Å². The Balaban J connectivity index is 1.81. The molecule has 0 unspecified atom stereocenters. The number of aromatic amines is 1. The summed E-state index contributed by atoms with van der Waals surface area (Å²) in [6.45, 7) is 0. The Morgan fingerprint density at radius 3 is 2.80 bits per heavy atom. The third kappa shape index (κ3) is 2.37. The van der Waals surface area contributed by atoms with Crippen molar-refractivity contribution in [2.24, 2.45) is 10.2 Å². The van der Waals surface area contributed by atoms with Gasteiger partial charge in [0.05, 0.1) is 5.52 Å². The summed E-state index contributed by atoms with van der Waals surface area (Å²) >= 11 is 0. The van der Waals surface area contributed by atoms with Crippen LogP contribution in [0.4, 0.5) is 5.69 Å². The lowest BCUT2D eigenvalue weighted by Crippen LogP contribution is -2.31. The first-order valence-electron chi connectivity index (χ1n) is 6.21. The zero-order valence-corrected chi connectivity index (χ0v) is 10.5. The van der Waals surface area contributed by atoms with Crippen LogP contribution >= 0.6 is 0 Å². The fraction of sp³-hybridized carbons (Fsp3) is 0.231. The van der Waals surface area contributed by atoms with E-state index in [1.165, 1.54) is 0 Å². The summed E-state index contributed by atoms with van der Waals surface area (Å²) in [5.41, 5.74) is 0.821. The van der Waals surface area contributed by atoms with E-state index < -0.39 is 11.8 Å². The number of fused-ring (bicyclic) bond motifs is 1. The Morgan fingerprint density at radius 2 is 2.05 bits per heavy atom. The average molecular weight is 272 g/mol. The fourth-order valence-electron chi connectivity index (χ4n) is 1.83. The largest absolute Gasteiger partial charge is 0.493 e. The molecule has 1 aromatic carbocycles. The molecule has 0 saturated heterocycles. The number of nitrogens with zero attached hydrogens (tertiary/aromatic N) is 2. The van der Waals surface area contributed by atoms with Crippen LogP contribution in [0.1, 0.15) is 12.8 Å². The minimum Gasteiger partial charge on any atom is -0.493 e. The van der Waals surface area contributed by atoms with Gasteiger partial charge in [-0.25, -0.2) is 0 Å². The van der Waals surface area contributed by atoms with Crippen LogP contribution in [-0.2, 0) is 9.59 Å². The molecule has 3 rings (SSSR count). The second-order valence-corrected chi connectivity index (χ2v) is 4.62. The molecule has 1 aliphatic rings. The Bertz CT molecular complexity index is 715. The van der Waals surface area contributed by atoms with Crippen LogP contribution in [0.25, 0.3) is 10.9 Å². The molecule has 1 aromatic heterocycles. The maximum atomic E-state index is 11.5. The summed E-state index contributed by atoms with van der Waals surface area (Å²) < 4.78 is 0. The van der Waals surface area contributed by atoms with Crippen molar-refractivity contribution in [1.29, 1.82) is 0 Å². The first-order chi connectivity index (χ1) is 9.65. The molecule has 1 fully saturated rings. The van der Waals surface area contributed by atoms with E-state index >= 15 is 0 Å². The standard InChI is InChI=1S/C13H12N4O3/c18-11-10(8-3-1-2-4-9(8)15-11)16-17-13(20)12(19)14-7-5-6-7/h1-4,7,15,18H,5-6H2,(H,14,19). The molecule has 1 heterocycles. The average Bonchev–Trinajstić information content (AvgIpc) is 3.18. The number of benzene rings is 1. The Hall–Kier alpha value is -2.70. The molecule has 0 spiro atoms. The third-order valence-electron chi connectivity index (χ3n) is 3.01.